The highest BCUT2D eigenvalue weighted by atomic mass is 35.5. The molecule has 2 aromatic rings. The molecule has 0 spiro atoms. The number of hydrogen-bond acceptors (Lipinski definition) is 4. The second-order valence-electron chi connectivity index (χ2n) is 4.75. The number of nitrogens with one attached hydrogen (secondary N) is 1. The zero-order valence-electron chi connectivity index (χ0n) is 11.6. The van der Waals surface area contributed by atoms with Gasteiger partial charge in [-0.2, -0.15) is 0 Å². The van der Waals surface area contributed by atoms with E-state index in [4.69, 9.17) is 11.6 Å². The quantitative estimate of drug-likeness (QED) is 0.666. The van der Waals surface area contributed by atoms with Gasteiger partial charge in [0.2, 0.25) is 10.0 Å². The highest BCUT2D eigenvalue weighted by Crippen LogP contribution is 2.22. The van der Waals surface area contributed by atoms with Crippen molar-refractivity contribution in [1.29, 1.82) is 0 Å². The summed E-state index contributed by atoms with van der Waals surface area (Å²) < 4.78 is 26.8. The van der Waals surface area contributed by atoms with Gasteiger partial charge in [-0.3, -0.25) is 14.8 Å². The molecule has 0 atom stereocenters. The summed E-state index contributed by atoms with van der Waals surface area (Å²) in [5.41, 5.74) is 1.30. The molecule has 0 amide bonds. The van der Waals surface area contributed by atoms with Crippen LogP contribution in [0, 0.1) is 17.0 Å². The van der Waals surface area contributed by atoms with Crippen LogP contribution in [0.3, 0.4) is 0 Å². The summed E-state index contributed by atoms with van der Waals surface area (Å²) in [7, 11) is -3.70. The van der Waals surface area contributed by atoms with Gasteiger partial charge in [0.05, 0.1) is 16.4 Å². The van der Waals surface area contributed by atoms with Crippen molar-refractivity contribution in [3.8, 4) is 0 Å². The standard InChI is InChI=1S/C14H13ClN2O4S/c1-10-5-6-12(15)8-14(10)16-22(20,21)9-11-3-2-4-13(7-11)17(18)19/h2-8,16H,9H2,1H3. The van der Waals surface area contributed by atoms with Crippen molar-refractivity contribution in [3.63, 3.8) is 0 Å². The highest BCUT2D eigenvalue weighted by molar-refractivity contribution is 7.91. The highest BCUT2D eigenvalue weighted by Gasteiger charge is 2.15. The van der Waals surface area contributed by atoms with Crippen LogP contribution in [0.2, 0.25) is 5.02 Å². The maximum Gasteiger partial charge on any atom is 0.269 e. The third kappa shape index (κ3) is 4.19. The Hall–Kier alpha value is -2.12. The SMILES string of the molecule is Cc1ccc(Cl)cc1NS(=O)(=O)Cc1cccc([N+](=O)[O-])c1. The lowest BCUT2D eigenvalue weighted by Crippen LogP contribution is -2.15. The van der Waals surface area contributed by atoms with E-state index in [0.717, 1.165) is 5.56 Å². The number of aryl methyl sites for hydroxylation is 1. The Balaban J connectivity index is 2.23. The van der Waals surface area contributed by atoms with Gasteiger partial charge in [0, 0.05) is 17.2 Å². The van der Waals surface area contributed by atoms with Crippen molar-refractivity contribution in [2.75, 3.05) is 4.72 Å². The Morgan fingerprint density at radius 3 is 2.64 bits per heavy atom. The van der Waals surface area contributed by atoms with Crippen molar-refractivity contribution >= 4 is 33.0 Å². The molecule has 0 bridgehead atoms. The van der Waals surface area contributed by atoms with Crippen LogP contribution in [0.15, 0.2) is 42.5 Å². The molecule has 0 aliphatic heterocycles. The Morgan fingerprint density at radius 2 is 1.95 bits per heavy atom. The number of hydrogen-bond donors (Lipinski definition) is 1. The molecule has 0 aliphatic carbocycles. The van der Waals surface area contributed by atoms with Gasteiger partial charge in [0.1, 0.15) is 0 Å². The normalized spacial score (nSPS) is 11.2. The molecular formula is C14H13ClN2O4S. The van der Waals surface area contributed by atoms with Crippen molar-refractivity contribution < 1.29 is 13.3 Å². The number of benzene rings is 2. The summed E-state index contributed by atoms with van der Waals surface area (Å²) in [5.74, 6) is -0.360. The lowest BCUT2D eigenvalue weighted by atomic mass is 10.2. The molecule has 0 aliphatic rings. The summed E-state index contributed by atoms with van der Waals surface area (Å²) in [6.45, 7) is 1.75. The molecule has 0 heterocycles. The van der Waals surface area contributed by atoms with Crippen molar-refractivity contribution in [2.45, 2.75) is 12.7 Å². The van der Waals surface area contributed by atoms with E-state index in [0.29, 0.717) is 16.3 Å². The largest absolute Gasteiger partial charge is 0.283 e. The van der Waals surface area contributed by atoms with Crippen LogP contribution in [0.4, 0.5) is 11.4 Å². The summed E-state index contributed by atoms with van der Waals surface area (Å²) in [4.78, 5) is 10.2. The lowest BCUT2D eigenvalue weighted by Gasteiger charge is -2.11. The fourth-order valence-electron chi connectivity index (χ4n) is 1.89. The van der Waals surface area contributed by atoms with E-state index in [-0.39, 0.29) is 11.4 Å². The molecule has 0 unspecified atom stereocenters. The van der Waals surface area contributed by atoms with Gasteiger partial charge < -0.3 is 0 Å². The minimum absolute atomic E-state index is 0.147. The molecule has 22 heavy (non-hydrogen) atoms. The molecule has 116 valence electrons. The Morgan fingerprint density at radius 1 is 1.23 bits per heavy atom. The number of nitro groups is 1. The molecule has 0 fully saturated rings. The van der Waals surface area contributed by atoms with Gasteiger partial charge in [-0.25, -0.2) is 8.42 Å². The first kappa shape index (κ1) is 16.3. The van der Waals surface area contributed by atoms with Crippen molar-refractivity contribution in [1.82, 2.24) is 0 Å². The minimum Gasteiger partial charge on any atom is -0.283 e. The Kier molecular flexibility index (Phi) is 4.68. The average Bonchev–Trinajstić information content (AvgIpc) is 2.42. The van der Waals surface area contributed by atoms with Crippen LogP contribution < -0.4 is 4.72 Å². The van der Waals surface area contributed by atoms with Crippen LogP contribution >= 0.6 is 11.6 Å². The number of nitrogens with zero attached hydrogens (tertiary/aromatic N) is 1. The van der Waals surface area contributed by atoms with Crippen LogP contribution in [0.5, 0.6) is 0 Å². The molecule has 6 nitrogen and oxygen atoms in total. The smallest absolute Gasteiger partial charge is 0.269 e. The molecule has 0 radical (unpaired) electrons. The van der Waals surface area contributed by atoms with Crippen LogP contribution in [-0.2, 0) is 15.8 Å². The number of sulfonamides is 1. The fourth-order valence-corrected chi connectivity index (χ4v) is 3.30. The van der Waals surface area contributed by atoms with Gasteiger partial charge in [0.15, 0.2) is 0 Å². The van der Waals surface area contributed by atoms with E-state index < -0.39 is 14.9 Å². The molecule has 8 heteroatoms. The summed E-state index contributed by atoms with van der Waals surface area (Å²) >= 11 is 5.85. The lowest BCUT2D eigenvalue weighted by molar-refractivity contribution is -0.384. The van der Waals surface area contributed by atoms with Gasteiger partial charge in [-0.1, -0.05) is 29.8 Å². The Labute approximate surface area is 132 Å². The number of rotatable bonds is 5. The van der Waals surface area contributed by atoms with Crippen LogP contribution in [0.25, 0.3) is 0 Å². The van der Waals surface area contributed by atoms with E-state index in [1.165, 1.54) is 30.3 Å². The molecule has 0 saturated heterocycles. The number of halogens is 1. The van der Waals surface area contributed by atoms with E-state index in [9.17, 15) is 18.5 Å². The molecule has 0 aromatic heterocycles. The van der Waals surface area contributed by atoms with E-state index in [2.05, 4.69) is 4.72 Å². The summed E-state index contributed by atoms with van der Waals surface area (Å²) in [6.07, 6.45) is 0. The zero-order valence-corrected chi connectivity index (χ0v) is 13.2. The molecule has 1 N–H and O–H groups in total. The molecule has 2 rings (SSSR count). The van der Waals surface area contributed by atoms with Gasteiger partial charge in [0.25, 0.3) is 5.69 Å². The van der Waals surface area contributed by atoms with Gasteiger partial charge >= 0.3 is 0 Å². The van der Waals surface area contributed by atoms with Crippen LogP contribution in [-0.4, -0.2) is 13.3 Å². The second kappa shape index (κ2) is 6.33. The summed E-state index contributed by atoms with van der Waals surface area (Å²) in [5, 5.41) is 11.1. The van der Waals surface area contributed by atoms with E-state index >= 15 is 0 Å². The van der Waals surface area contributed by atoms with Crippen LogP contribution in [0.1, 0.15) is 11.1 Å². The van der Waals surface area contributed by atoms with Gasteiger partial charge in [-0.15, -0.1) is 0 Å². The monoisotopic (exact) mass is 340 g/mol. The van der Waals surface area contributed by atoms with E-state index in [1.54, 1.807) is 19.1 Å². The minimum atomic E-state index is -3.70. The molecular weight excluding hydrogens is 328 g/mol. The predicted octanol–water partition coefficient (Wildman–Crippen LogP) is 3.50. The number of nitro benzene ring substituents is 1. The fraction of sp³-hybridized carbons (Fsp3) is 0.143. The molecule has 0 saturated carbocycles. The summed E-state index contributed by atoms with van der Waals surface area (Å²) in [6, 6.07) is 10.4. The van der Waals surface area contributed by atoms with E-state index in [1.807, 2.05) is 0 Å². The predicted molar refractivity (Wildman–Crippen MR) is 85.5 cm³/mol. The first-order valence-corrected chi connectivity index (χ1v) is 8.30. The topological polar surface area (TPSA) is 89.3 Å². The average molecular weight is 341 g/mol. The third-order valence-electron chi connectivity index (χ3n) is 2.94. The number of anilines is 1. The first-order chi connectivity index (χ1) is 10.3. The first-order valence-electron chi connectivity index (χ1n) is 6.27. The maximum absolute atomic E-state index is 12.2. The van der Waals surface area contributed by atoms with Crippen molar-refractivity contribution in [3.05, 3.63) is 68.7 Å². The molecule has 2 aromatic carbocycles. The maximum atomic E-state index is 12.2. The van der Waals surface area contributed by atoms with Crippen molar-refractivity contribution in [2.24, 2.45) is 0 Å². The third-order valence-corrected chi connectivity index (χ3v) is 4.42. The van der Waals surface area contributed by atoms with Gasteiger partial charge in [-0.05, 0) is 30.2 Å². The zero-order chi connectivity index (χ0) is 16.3. The second-order valence-corrected chi connectivity index (χ2v) is 6.91. The number of non-ortho nitro benzene ring substituents is 1. The Bertz CT molecular complexity index is 821.